The molecule has 6 aliphatic rings. The third-order valence-corrected chi connectivity index (χ3v) is 15.2. The third-order valence-electron chi connectivity index (χ3n) is 15.2. The van der Waals surface area contributed by atoms with Gasteiger partial charge in [-0.2, -0.15) is 9.46 Å². The van der Waals surface area contributed by atoms with Gasteiger partial charge in [0, 0.05) is 18.2 Å². The summed E-state index contributed by atoms with van der Waals surface area (Å²) in [5.74, 6) is 0.271. The van der Waals surface area contributed by atoms with E-state index in [1.807, 2.05) is 6.92 Å². The molecule has 0 bridgehead atoms. The van der Waals surface area contributed by atoms with E-state index in [0.717, 1.165) is 115 Å². The number of aryl methyl sites for hydroxylation is 3. The Kier molecular flexibility index (Phi) is 13.3. The summed E-state index contributed by atoms with van der Waals surface area (Å²) in [6.45, 7) is 5.42. The fourth-order valence-electron chi connectivity index (χ4n) is 11.7. The Morgan fingerprint density at radius 1 is 0.506 bits per heavy atom. The van der Waals surface area contributed by atoms with Gasteiger partial charge in [-0.1, -0.05) is 19.3 Å². The van der Waals surface area contributed by atoms with E-state index in [2.05, 4.69) is 51.2 Å². The maximum absolute atomic E-state index is 13.2. The number of nitrogens with two attached hydrogens (primary N) is 3. The van der Waals surface area contributed by atoms with Crippen LogP contribution >= 0.6 is 0 Å². The van der Waals surface area contributed by atoms with Crippen LogP contribution in [-0.4, -0.2) is 71.2 Å². The van der Waals surface area contributed by atoms with Gasteiger partial charge in [0.25, 0.3) is 34.4 Å². The maximum atomic E-state index is 13.2. The first-order valence-electron chi connectivity index (χ1n) is 25.6. The van der Waals surface area contributed by atoms with Crippen LogP contribution in [-0.2, 0) is 17.0 Å². The molecule has 26 heteroatoms. The Hall–Kier alpha value is -9.10. The zero-order valence-corrected chi connectivity index (χ0v) is 42.8. The smallest absolute Gasteiger partial charge is 0.279 e. The number of aromatic nitrogens is 9. The largest absolute Gasteiger partial charge is 0.426 e. The Morgan fingerprint density at radius 2 is 0.883 bits per heavy atom. The maximum Gasteiger partial charge on any atom is 0.279 e. The van der Waals surface area contributed by atoms with E-state index in [4.69, 9.17) is 17.2 Å². The number of hydrogen-bond acceptors (Lipinski definition) is 18. The number of fused-ring (bicyclic) bond motifs is 6. The number of nitrogen functional groups attached to an aromatic ring is 3. The minimum atomic E-state index is -0.657. The van der Waals surface area contributed by atoms with Crippen LogP contribution in [0.25, 0.3) is 0 Å². The standard InChI is InChI=1S/2C17H20N6O3.C17H20N6O2/c2*1-10-7-11(20-13-8-12(18)22(26)9-19-13)16(25)23-14(10)15(24)21-17(23)5-3-2-4-6-17;1-10-7-11(21-13-8-12(18)19-9-20-13)16(25)23-14(10)15(24)22-17(23)5-3-2-4-6-17/h2*7-9,26H,2-6,18H2,1H3,(H,21,24);7-9H,2-6H2,1H3,(H,22,24)(H3,18,19,20,21). The van der Waals surface area contributed by atoms with Gasteiger partial charge in [-0.3, -0.25) is 42.5 Å². The highest BCUT2D eigenvalue weighted by Gasteiger charge is 2.48. The summed E-state index contributed by atoms with van der Waals surface area (Å²) in [5, 5.41) is 31.0. The Bertz CT molecular complexity index is 3570. The molecule has 3 amide bonds. The van der Waals surface area contributed by atoms with Crippen molar-refractivity contribution in [2.45, 2.75) is 134 Å². The highest BCUT2D eigenvalue weighted by Crippen LogP contribution is 2.40. The second kappa shape index (κ2) is 19.9. The molecule has 6 aromatic rings. The first-order valence-corrected chi connectivity index (χ1v) is 25.6. The fraction of sp³-hybridized carbons (Fsp3) is 0.412. The lowest BCUT2D eigenvalue weighted by Gasteiger charge is -2.35. The molecule has 3 aliphatic carbocycles. The minimum Gasteiger partial charge on any atom is -0.426 e. The molecule has 3 spiro atoms. The lowest BCUT2D eigenvalue weighted by Crippen LogP contribution is -2.48. The van der Waals surface area contributed by atoms with Crippen LogP contribution in [0.2, 0.25) is 0 Å². The second-order valence-electron chi connectivity index (χ2n) is 20.5. The van der Waals surface area contributed by atoms with Crippen molar-refractivity contribution in [1.29, 1.82) is 0 Å². The molecule has 77 heavy (non-hydrogen) atoms. The second-order valence-corrected chi connectivity index (χ2v) is 20.5. The van der Waals surface area contributed by atoms with Crippen molar-refractivity contribution in [3.8, 4) is 0 Å². The zero-order valence-electron chi connectivity index (χ0n) is 42.8. The minimum absolute atomic E-state index is 0.0531. The number of nitrogens with zero attached hydrogens (tertiary/aromatic N) is 11. The number of amides is 3. The van der Waals surface area contributed by atoms with E-state index >= 15 is 0 Å². The SMILES string of the molecule is Cc1cc(N=c2cc(N)n(O)cn2)c(=O)n2c1C(=O)NC21CCCCC1.Cc1cc(N=c2cc(N)n(O)cn2)c(=O)n2c1C(=O)NC21CCCCC1.Cc1cc(Nc2cc(N)ncn2)c(=O)n2c1C(=O)NC21CCCCC1. The van der Waals surface area contributed by atoms with E-state index in [9.17, 15) is 39.2 Å². The van der Waals surface area contributed by atoms with Crippen molar-refractivity contribution in [1.82, 2.24) is 59.0 Å². The highest BCUT2D eigenvalue weighted by molar-refractivity contribution is 5.98. The number of anilines is 5. The summed E-state index contributed by atoms with van der Waals surface area (Å²) in [6.07, 6.45) is 17.2. The molecule has 3 fully saturated rings. The van der Waals surface area contributed by atoms with Crippen LogP contribution in [0.15, 0.2) is 79.7 Å². The van der Waals surface area contributed by atoms with Gasteiger partial charge in [0.15, 0.2) is 11.0 Å². The van der Waals surface area contributed by atoms with Crippen LogP contribution < -0.4 is 66.1 Å². The van der Waals surface area contributed by atoms with Crippen molar-refractivity contribution in [2.24, 2.45) is 9.98 Å². The van der Waals surface area contributed by atoms with Crippen LogP contribution in [0.1, 0.15) is 144 Å². The molecule has 0 aromatic carbocycles. The van der Waals surface area contributed by atoms with Gasteiger partial charge in [-0.15, -0.1) is 0 Å². The lowest BCUT2D eigenvalue weighted by atomic mass is 9.89. The van der Waals surface area contributed by atoms with Gasteiger partial charge in [0.2, 0.25) is 0 Å². The van der Waals surface area contributed by atoms with Crippen LogP contribution in [0.4, 0.5) is 40.3 Å². The normalized spacial score (nSPS) is 18.6. The number of nitrogens with one attached hydrogen (secondary N) is 4. The fourth-order valence-corrected chi connectivity index (χ4v) is 11.7. The van der Waals surface area contributed by atoms with Crippen LogP contribution in [0.5, 0.6) is 0 Å². The van der Waals surface area contributed by atoms with Crippen molar-refractivity contribution < 1.29 is 24.8 Å². The van der Waals surface area contributed by atoms with Gasteiger partial charge in [-0.25, -0.2) is 29.9 Å². The van der Waals surface area contributed by atoms with Gasteiger partial charge in [0.1, 0.15) is 93.4 Å². The summed E-state index contributed by atoms with van der Waals surface area (Å²) in [5.41, 5.74) is 18.7. The molecule has 12 N–H and O–H groups in total. The summed E-state index contributed by atoms with van der Waals surface area (Å²) >= 11 is 0. The molecule has 3 aliphatic heterocycles. The van der Waals surface area contributed by atoms with Gasteiger partial charge < -0.3 is 48.9 Å². The molecule has 0 atom stereocenters. The van der Waals surface area contributed by atoms with E-state index < -0.39 is 17.0 Å². The predicted molar refractivity (Wildman–Crippen MR) is 280 cm³/mol. The Labute approximate surface area is 438 Å². The van der Waals surface area contributed by atoms with Gasteiger partial charge in [0.05, 0.1) is 0 Å². The number of carbonyl (C=O) groups excluding carboxylic acids is 3. The van der Waals surface area contributed by atoms with E-state index in [0.29, 0.717) is 55.0 Å². The molecule has 6 aromatic heterocycles. The summed E-state index contributed by atoms with van der Waals surface area (Å²) in [7, 11) is 0. The number of pyridine rings is 3. The summed E-state index contributed by atoms with van der Waals surface area (Å²) < 4.78 is 6.15. The molecule has 9 heterocycles. The summed E-state index contributed by atoms with van der Waals surface area (Å²) in [6, 6.07) is 9.17. The molecule has 3 saturated carbocycles. The quantitative estimate of drug-likeness (QED) is 0.115. The number of hydrogen-bond donors (Lipinski definition) is 9. The summed E-state index contributed by atoms with van der Waals surface area (Å²) in [4.78, 5) is 101. The first-order chi connectivity index (χ1) is 36.8. The zero-order chi connectivity index (χ0) is 54.6. The molecule has 0 unspecified atom stereocenters. The van der Waals surface area contributed by atoms with Crippen molar-refractivity contribution in [3.63, 3.8) is 0 Å². The topological polar surface area (TPSA) is 370 Å². The molecule has 402 valence electrons. The van der Waals surface area contributed by atoms with Crippen molar-refractivity contribution in [3.05, 3.63) is 131 Å². The molecular formula is C51H60N18O8. The van der Waals surface area contributed by atoms with Crippen LogP contribution in [0, 0.1) is 20.8 Å². The molecule has 12 rings (SSSR count). The number of rotatable bonds is 4. The molecule has 26 nitrogen and oxygen atoms in total. The highest BCUT2D eigenvalue weighted by atomic mass is 16.5. The third kappa shape index (κ3) is 9.32. The van der Waals surface area contributed by atoms with Crippen molar-refractivity contribution >= 4 is 58.1 Å². The average molecular weight is 1050 g/mol. The first kappa shape index (κ1) is 51.4. The van der Waals surface area contributed by atoms with E-state index in [1.54, 1.807) is 51.8 Å². The number of carbonyl (C=O) groups is 3. The van der Waals surface area contributed by atoms with Gasteiger partial charge in [-0.05, 0) is 133 Å². The average Bonchev–Trinajstić information content (AvgIpc) is 4.18. The van der Waals surface area contributed by atoms with Gasteiger partial charge >= 0.3 is 0 Å². The molecule has 0 radical (unpaired) electrons. The lowest BCUT2D eigenvalue weighted by molar-refractivity contribution is 0.0867. The van der Waals surface area contributed by atoms with Crippen molar-refractivity contribution in [2.75, 3.05) is 22.5 Å². The monoisotopic (exact) mass is 1050 g/mol. The Morgan fingerprint density at radius 3 is 1.26 bits per heavy atom. The van der Waals surface area contributed by atoms with E-state index in [1.165, 1.54) is 18.5 Å². The Balaban J connectivity index is 0.000000131. The predicted octanol–water partition coefficient (Wildman–Crippen LogP) is 3.16. The van der Waals surface area contributed by atoms with E-state index in [-0.39, 0.29) is 68.4 Å². The molecule has 0 saturated heterocycles. The van der Waals surface area contributed by atoms with Crippen LogP contribution in [0.3, 0.4) is 0 Å². The molecular weight excluding hydrogens is 993 g/mol.